The van der Waals surface area contributed by atoms with Crippen molar-refractivity contribution in [1.29, 1.82) is 0 Å². The predicted octanol–water partition coefficient (Wildman–Crippen LogP) is 3.89. The van der Waals surface area contributed by atoms with Crippen LogP contribution in [0.5, 0.6) is 0 Å². The van der Waals surface area contributed by atoms with Crippen LogP contribution in [0.3, 0.4) is 0 Å². The summed E-state index contributed by atoms with van der Waals surface area (Å²) >= 11 is 16.9. The molecule has 0 bridgehead atoms. The molecule has 88 valence electrons. The van der Waals surface area contributed by atoms with Crippen LogP contribution in [-0.4, -0.2) is 18.6 Å². The second kappa shape index (κ2) is 6.84. The van der Waals surface area contributed by atoms with Crippen LogP contribution in [0.25, 0.3) is 0 Å². The van der Waals surface area contributed by atoms with Gasteiger partial charge in [-0.05, 0) is 17.7 Å². The predicted molar refractivity (Wildman–Crippen MR) is 63.3 cm³/mol. The van der Waals surface area contributed by atoms with Gasteiger partial charge in [0.25, 0.3) is 0 Å². The molecule has 0 heterocycles. The van der Waals surface area contributed by atoms with Crippen LogP contribution >= 0.6 is 34.8 Å². The maximum Gasteiger partial charge on any atom is 0.508 e. The lowest BCUT2D eigenvalue weighted by Gasteiger charge is -2.05. The second-order valence-corrected chi connectivity index (χ2v) is 4.02. The normalized spacial score (nSPS) is 9.94. The summed E-state index contributed by atoms with van der Waals surface area (Å²) in [5.74, 6) is 0.238. The van der Waals surface area contributed by atoms with Crippen molar-refractivity contribution in [2.75, 3.05) is 12.5 Å². The molecule has 0 aliphatic carbocycles. The standard InChI is InChI=1S/C10H9Cl3O3/c11-3-4-15-10(14)16-6-7-1-2-8(12)9(13)5-7/h1-2,5H,3-4,6H2. The minimum atomic E-state index is -0.758. The van der Waals surface area contributed by atoms with Crippen molar-refractivity contribution in [3.8, 4) is 0 Å². The van der Waals surface area contributed by atoms with Crippen LogP contribution in [0.4, 0.5) is 4.79 Å². The maximum absolute atomic E-state index is 11.0. The average Bonchev–Trinajstić information content (AvgIpc) is 2.28. The van der Waals surface area contributed by atoms with Gasteiger partial charge in [0.15, 0.2) is 0 Å². The highest BCUT2D eigenvalue weighted by Crippen LogP contribution is 2.22. The summed E-state index contributed by atoms with van der Waals surface area (Å²) in [5, 5.41) is 0.868. The molecular weight excluding hydrogens is 274 g/mol. The van der Waals surface area contributed by atoms with Gasteiger partial charge in [-0.3, -0.25) is 0 Å². The molecule has 1 rings (SSSR count). The van der Waals surface area contributed by atoms with Crippen LogP contribution in [0, 0.1) is 0 Å². The summed E-state index contributed by atoms with van der Waals surface area (Å²) in [6.07, 6.45) is -0.758. The molecule has 1 aromatic rings. The molecule has 1 aromatic carbocycles. The van der Waals surface area contributed by atoms with Gasteiger partial charge < -0.3 is 9.47 Å². The van der Waals surface area contributed by atoms with E-state index in [0.29, 0.717) is 10.0 Å². The third-order valence-corrected chi connectivity index (χ3v) is 2.53. The molecule has 0 N–H and O–H groups in total. The molecule has 0 aliphatic rings. The summed E-state index contributed by atoms with van der Waals surface area (Å²) in [4.78, 5) is 11.0. The van der Waals surface area contributed by atoms with Crippen molar-refractivity contribution in [1.82, 2.24) is 0 Å². The fourth-order valence-electron chi connectivity index (χ4n) is 0.935. The van der Waals surface area contributed by atoms with Crippen LogP contribution in [-0.2, 0) is 16.1 Å². The van der Waals surface area contributed by atoms with Crippen LogP contribution < -0.4 is 0 Å². The topological polar surface area (TPSA) is 35.5 Å². The largest absolute Gasteiger partial charge is 0.508 e. The molecule has 0 spiro atoms. The van der Waals surface area contributed by atoms with E-state index in [1.807, 2.05) is 0 Å². The molecule has 0 amide bonds. The monoisotopic (exact) mass is 282 g/mol. The lowest BCUT2D eigenvalue weighted by Crippen LogP contribution is -2.09. The number of alkyl halides is 1. The zero-order valence-corrected chi connectivity index (χ0v) is 10.5. The SMILES string of the molecule is O=C(OCCCl)OCc1ccc(Cl)c(Cl)c1. The van der Waals surface area contributed by atoms with Crippen LogP contribution in [0.1, 0.15) is 5.56 Å². The Bertz CT molecular complexity index is 368. The number of carbonyl (C=O) groups excluding carboxylic acids is 1. The summed E-state index contributed by atoms with van der Waals surface area (Å²) in [6, 6.07) is 4.97. The van der Waals surface area contributed by atoms with E-state index in [-0.39, 0.29) is 19.1 Å². The first-order valence-corrected chi connectivity index (χ1v) is 5.72. The Kier molecular flexibility index (Phi) is 5.74. The van der Waals surface area contributed by atoms with Gasteiger partial charge in [-0.15, -0.1) is 11.6 Å². The Labute approximate surface area is 108 Å². The van der Waals surface area contributed by atoms with E-state index in [1.54, 1.807) is 18.2 Å². The van der Waals surface area contributed by atoms with Crippen molar-refractivity contribution in [2.45, 2.75) is 6.61 Å². The highest BCUT2D eigenvalue weighted by atomic mass is 35.5. The summed E-state index contributed by atoms with van der Waals surface area (Å²) in [6.45, 7) is 0.208. The zero-order valence-electron chi connectivity index (χ0n) is 8.21. The van der Waals surface area contributed by atoms with E-state index in [9.17, 15) is 4.79 Å². The summed E-state index contributed by atoms with van der Waals surface area (Å²) < 4.78 is 9.42. The van der Waals surface area contributed by atoms with Gasteiger partial charge in [0.1, 0.15) is 13.2 Å². The Morgan fingerprint density at radius 1 is 1.19 bits per heavy atom. The number of halogens is 3. The number of rotatable bonds is 4. The Morgan fingerprint density at radius 2 is 1.94 bits per heavy atom. The molecule has 0 radical (unpaired) electrons. The fraction of sp³-hybridized carbons (Fsp3) is 0.300. The van der Waals surface area contributed by atoms with Crippen molar-refractivity contribution in [2.24, 2.45) is 0 Å². The minimum absolute atomic E-state index is 0.0814. The average molecular weight is 284 g/mol. The fourth-order valence-corrected chi connectivity index (χ4v) is 1.33. The molecule has 0 atom stereocenters. The van der Waals surface area contributed by atoms with Gasteiger partial charge in [-0.25, -0.2) is 4.79 Å². The lowest BCUT2D eigenvalue weighted by molar-refractivity contribution is 0.0541. The van der Waals surface area contributed by atoms with Crippen molar-refractivity contribution in [3.63, 3.8) is 0 Å². The van der Waals surface area contributed by atoms with Gasteiger partial charge in [0.05, 0.1) is 15.9 Å². The van der Waals surface area contributed by atoms with Crippen molar-refractivity contribution in [3.05, 3.63) is 33.8 Å². The molecule has 0 aliphatic heterocycles. The Morgan fingerprint density at radius 3 is 2.56 bits per heavy atom. The third-order valence-electron chi connectivity index (χ3n) is 1.64. The van der Waals surface area contributed by atoms with Gasteiger partial charge in [-0.2, -0.15) is 0 Å². The van der Waals surface area contributed by atoms with E-state index >= 15 is 0 Å². The Balaban J connectivity index is 2.42. The molecule has 3 nitrogen and oxygen atoms in total. The van der Waals surface area contributed by atoms with Crippen molar-refractivity contribution >= 4 is 41.0 Å². The lowest BCUT2D eigenvalue weighted by atomic mass is 10.2. The smallest absolute Gasteiger partial charge is 0.433 e. The number of hydrogen-bond acceptors (Lipinski definition) is 3. The van der Waals surface area contributed by atoms with E-state index in [2.05, 4.69) is 4.74 Å². The molecule has 16 heavy (non-hydrogen) atoms. The first kappa shape index (κ1) is 13.4. The van der Waals surface area contributed by atoms with Gasteiger partial charge >= 0.3 is 6.16 Å². The molecule has 0 unspecified atom stereocenters. The first-order valence-electron chi connectivity index (χ1n) is 4.43. The van der Waals surface area contributed by atoms with Crippen molar-refractivity contribution < 1.29 is 14.3 Å². The highest BCUT2D eigenvalue weighted by molar-refractivity contribution is 6.42. The van der Waals surface area contributed by atoms with Crippen LogP contribution in [0.2, 0.25) is 10.0 Å². The molecule has 0 aromatic heterocycles. The van der Waals surface area contributed by atoms with Gasteiger partial charge in [0.2, 0.25) is 0 Å². The molecule has 6 heteroatoms. The highest BCUT2D eigenvalue weighted by Gasteiger charge is 2.05. The molecular formula is C10H9Cl3O3. The first-order chi connectivity index (χ1) is 7.63. The number of benzene rings is 1. The van der Waals surface area contributed by atoms with E-state index in [1.165, 1.54) is 0 Å². The number of ether oxygens (including phenoxy) is 2. The quantitative estimate of drug-likeness (QED) is 0.621. The molecule has 0 fully saturated rings. The second-order valence-electron chi connectivity index (χ2n) is 2.82. The van der Waals surface area contributed by atoms with E-state index in [4.69, 9.17) is 39.5 Å². The number of carbonyl (C=O) groups is 1. The summed E-state index contributed by atoms with van der Waals surface area (Å²) in [5.41, 5.74) is 0.734. The Hall–Kier alpha value is -0.640. The minimum Gasteiger partial charge on any atom is -0.433 e. The van der Waals surface area contributed by atoms with Gasteiger partial charge in [-0.1, -0.05) is 29.3 Å². The van der Waals surface area contributed by atoms with Crippen LogP contribution in [0.15, 0.2) is 18.2 Å². The molecule has 0 saturated heterocycles. The third kappa shape index (κ3) is 4.47. The summed E-state index contributed by atoms with van der Waals surface area (Å²) in [7, 11) is 0. The van der Waals surface area contributed by atoms with E-state index < -0.39 is 6.16 Å². The maximum atomic E-state index is 11.0. The van der Waals surface area contributed by atoms with Gasteiger partial charge in [0, 0.05) is 0 Å². The van der Waals surface area contributed by atoms with E-state index in [0.717, 1.165) is 5.56 Å². The molecule has 0 saturated carbocycles. The zero-order chi connectivity index (χ0) is 12.0. The number of hydrogen-bond donors (Lipinski definition) is 0.